The Labute approximate surface area is 80.2 Å². The third kappa shape index (κ3) is 1.25. The lowest BCUT2D eigenvalue weighted by molar-refractivity contribution is -0.133. The van der Waals surface area contributed by atoms with Crippen LogP contribution in [0.25, 0.3) is 0 Å². The molecule has 0 aromatic carbocycles. The van der Waals surface area contributed by atoms with Gasteiger partial charge in [-0.2, -0.15) is 0 Å². The van der Waals surface area contributed by atoms with E-state index in [0.29, 0.717) is 11.7 Å². The van der Waals surface area contributed by atoms with E-state index in [9.17, 15) is 4.79 Å². The maximum absolute atomic E-state index is 11.9. The Bertz CT molecular complexity index is 264. The molecule has 72 valence electrons. The molecular formula is C12H18O. The van der Waals surface area contributed by atoms with E-state index >= 15 is 0 Å². The first-order chi connectivity index (χ1) is 6.14. The summed E-state index contributed by atoms with van der Waals surface area (Å²) in [6.07, 6.45) is 7.65. The quantitative estimate of drug-likeness (QED) is 0.521. The van der Waals surface area contributed by atoms with Gasteiger partial charge in [-0.3, -0.25) is 4.79 Å². The smallest absolute Gasteiger partial charge is 0.139 e. The maximum Gasteiger partial charge on any atom is 0.139 e. The van der Waals surface area contributed by atoms with Crippen LogP contribution in [0.5, 0.6) is 0 Å². The van der Waals surface area contributed by atoms with E-state index in [1.807, 2.05) is 0 Å². The third-order valence-electron chi connectivity index (χ3n) is 3.98. The molecule has 0 unspecified atom stereocenters. The molecule has 13 heavy (non-hydrogen) atoms. The number of hydrogen-bond acceptors (Lipinski definition) is 1. The van der Waals surface area contributed by atoms with Crippen LogP contribution in [0.15, 0.2) is 11.6 Å². The highest BCUT2D eigenvalue weighted by Crippen LogP contribution is 2.48. The molecule has 1 nitrogen and oxygen atoms in total. The predicted molar refractivity (Wildman–Crippen MR) is 53.4 cm³/mol. The van der Waals surface area contributed by atoms with Crippen molar-refractivity contribution in [2.75, 3.05) is 0 Å². The molecule has 0 aromatic rings. The summed E-state index contributed by atoms with van der Waals surface area (Å²) in [5.74, 6) is 1.07. The Morgan fingerprint density at radius 1 is 1.54 bits per heavy atom. The van der Waals surface area contributed by atoms with E-state index in [4.69, 9.17) is 0 Å². The second-order valence-corrected chi connectivity index (χ2v) is 4.77. The van der Waals surface area contributed by atoms with E-state index < -0.39 is 0 Å². The minimum Gasteiger partial charge on any atom is -0.299 e. The predicted octanol–water partition coefficient (Wildman–Crippen LogP) is 3.10. The molecule has 0 radical (unpaired) electrons. The topological polar surface area (TPSA) is 17.1 Å². The molecule has 2 aliphatic rings. The minimum atomic E-state index is -0.00289. The fourth-order valence-corrected chi connectivity index (χ4v) is 3.05. The van der Waals surface area contributed by atoms with Crippen molar-refractivity contribution in [1.29, 1.82) is 0 Å². The first-order valence-corrected chi connectivity index (χ1v) is 5.34. The molecule has 0 aromatic heterocycles. The van der Waals surface area contributed by atoms with Crippen molar-refractivity contribution in [2.24, 2.45) is 11.3 Å². The average molecular weight is 178 g/mol. The zero-order valence-electron chi connectivity index (χ0n) is 8.60. The second-order valence-electron chi connectivity index (χ2n) is 4.77. The number of ketones is 1. The van der Waals surface area contributed by atoms with Gasteiger partial charge in [0.1, 0.15) is 5.78 Å². The molecule has 0 saturated heterocycles. The molecule has 2 atom stereocenters. The molecule has 0 amide bonds. The highest BCUT2D eigenvalue weighted by Gasteiger charge is 2.44. The summed E-state index contributed by atoms with van der Waals surface area (Å²) in [7, 11) is 0. The van der Waals surface area contributed by atoms with Gasteiger partial charge in [-0.15, -0.1) is 0 Å². The van der Waals surface area contributed by atoms with Gasteiger partial charge >= 0.3 is 0 Å². The molecule has 0 aliphatic heterocycles. The van der Waals surface area contributed by atoms with E-state index in [0.717, 1.165) is 25.7 Å². The molecule has 1 heteroatoms. The van der Waals surface area contributed by atoms with Gasteiger partial charge in [-0.1, -0.05) is 18.6 Å². The number of Topliss-reactive ketones (excluding diaryl/α,β-unsaturated/α-hetero) is 1. The van der Waals surface area contributed by atoms with E-state index in [-0.39, 0.29) is 5.41 Å². The first-order valence-electron chi connectivity index (χ1n) is 5.34. The summed E-state index contributed by atoms with van der Waals surface area (Å²) in [6, 6.07) is 0. The normalized spacial score (nSPS) is 39.7. The summed E-state index contributed by atoms with van der Waals surface area (Å²) in [4.78, 5) is 11.9. The fourth-order valence-electron chi connectivity index (χ4n) is 3.05. The summed E-state index contributed by atoms with van der Waals surface area (Å²) in [5, 5.41) is 0. The first kappa shape index (κ1) is 8.98. The van der Waals surface area contributed by atoms with E-state index in [2.05, 4.69) is 19.9 Å². The van der Waals surface area contributed by atoms with Gasteiger partial charge in [-0.25, -0.2) is 0 Å². The Morgan fingerprint density at radius 2 is 2.31 bits per heavy atom. The summed E-state index contributed by atoms with van der Waals surface area (Å²) < 4.78 is 0. The SMILES string of the molecule is CC1=CCC[C@]2(C)C(=O)CCC[C@H]12. The van der Waals surface area contributed by atoms with Crippen molar-refractivity contribution in [2.45, 2.75) is 46.0 Å². The Hall–Kier alpha value is -0.590. The van der Waals surface area contributed by atoms with Gasteiger partial charge in [0.15, 0.2) is 0 Å². The molecule has 2 rings (SSSR count). The zero-order valence-corrected chi connectivity index (χ0v) is 8.60. The van der Waals surface area contributed by atoms with Crippen LogP contribution in [-0.4, -0.2) is 5.78 Å². The number of carbonyl (C=O) groups is 1. The molecule has 0 N–H and O–H groups in total. The van der Waals surface area contributed by atoms with Crippen molar-refractivity contribution < 1.29 is 4.79 Å². The van der Waals surface area contributed by atoms with Crippen LogP contribution in [0.2, 0.25) is 0 Å². The highest BCUT2D eigenvalue weighted by molar-refractivity contribution is 5.86. The zero-order chi connectivity index (χ0) is 9.47. The number of hydrogen-bond donors (Lipinski definition) is 0. The van der Waals surface area contributed by atoms with Crippen LogP contribution in [0.4, 0.5) is 0 Å². The van der Waals surface area contributed by atoms with Crippen LogP contribution < -0.4 is 0 Å². The monoisotopic (exact) mass is 178 g/mol. The molecule has 1 fully saturated rings. The van der Waals surface area contributed by atoms with Crippen molar-refractivity contribution in [1.82, 2.24) is 0 Å². The van der Waals surface area contributed by atoms with Gasteiger partial charge in [0.25, 0.3) is 0 Å². The third-order valence-corrected chi connectivity index (χ3v) is 3.98. The van der Waals surface area contributed by atoms with Gasteiger partial charge in [0, 0.05) is 11.8 Å². The second kappa shape index (κ2) is 2.97. The molecule has 0 heterocycles. The number of carbonyl (C=O) groups excluding carboxylic acids is 1. The van der Waals surface area contributed by atoms with Crippen LogP contribution >= 0.6 is 0 Å². The molecular weight excluding hydrogens is 160 g/mol. The molecule has 1 saturated carbocycles. The van der Waals surface area contributed by atoms with Crippen molar-refractivity contribution in [3.8, 4) is 0 Å². The van der Waals surface area contributed by atoms with Crippen molar-refractivity contribution in [3.05, 3.63) is 11.6 Å². The van der Waals surface area contributed by atoms with Gasteiger partial charge in [0.05, 0.1) is 0 Å². The highest BCUT2D eigenvalue weighted by atomic mass is 16.1. The number of allylic oxidation sites excluding steroid dienone is 2. The Balaban J connectivity index is 2.34. The van der Waals surface area contributed by atoms with Crippen LogP contribution in [-0.2, 0) is 4.79 Å². The number of rotatable bonds is 0. The lowest BCUT2D eigenvalue weighted by Crippen LogP contribution is -2.41. The summed E-state index contributed by atoms with van der Waals surface area (Å²) in [6.45, 7) is 4.37. The summed E-state index contributed by atoms with van der Waals surface area (Å²) in [5.41, 5.74) is 1.46. The van der Waals surface area contributed by atoms with Crippen molar-refractivity contribution >= 4 is 5.78 Å². The van der Waals surface area contributed by atoms with Gasteiger partial charge < -0.3 is 0 Å². The minimum absolute atomic E-state index is 0.00289. The van der Waals surface area contributed by atoms with Crippen molar-refractivity contribution in [3.63, 3.8) is 0 Å². The van der Waals surface area contributed by atoms with Gasteiger partial charge in [-0.05, 0) is 38.5 Å². The van der Waals surface area contributed by atoms with Crippen LogP contribution in [0, 0.1) is 11.3 Å². The Morgan fingerprint density at radius 3 is 3.00 bits per heavy atom. The fraction of sp³-hybridized carbons (Fsp3) is 0.750. The Kier molecular flexibility index (Phi) is 2.05. The van der Waals surface area contributed by atoms with E-state index in [1.165, 1.54) is 12.0 Å². The molecule has 0 spiro atoms. The lowest BCUT2D eigenvalue weighted by Gasteiger charge is -2.43. The largest absolute Gasteiger partial charge is 0.299 e. The van der Waals surface area contributed by atoms with Crippen LogP contribution in [0.1, 0.15) is 46.0 Å². The molecule has 2 aliphatic carbocycles. The van der Waals surface area contributed by atoms with E-state index in [1.54, 1.807) is 0 Å². The summed E-state index contributed by atoms with van der Waals surface area (Å²) >= 11 is 0. The molecule has 0 bridgehead atoms. The lowest BCUT2D eigenvalue weighted by atomic mass is 9.60. The maximum atomic E-state index is 11.9. The van der Waals surface area contributed by atoms with Gasteiger partial charge in [0.2, 0.25) is 0 Å². The standard InChI is InChI=1S/C12H18O/c1-9-5-4-8-12(2)10(9)6-3-7-11(12)13/h5,10H,3-4,6-8H2,1-2H3/t10-,12+/m1/s1. The van der Waals surface area contributed by atoms with Crippen LogP contribution in [0.3, 0.4) is 0 Å². The number of fused-ring (bicyclic) bond motifs is 1. The average Bonchev–Trinajstić information content (AvgIpc) is 2.08.